The van der Waals surface area contributed by atoms with Gasteiger partial charge in [-0.1, -0.05) is 146 Å². The van der Waals surface area contributed by atoms with Crippen LogP contribution in [0.1, 0.15) is 0 Å². The van der Waals surface area contributed by atoms with Gasteiger partial charge in [0.05, 0.1) is 0 Å². The van der Waals surface area contributed by atoms with Crippen LogP contribution in [0.25, 0.3) is 99.5 Å². The Labute approximate surface area is 282 Å². The van der Waals surface area contributed by atoms with Gasteiger partial charge in [0.2, 0.25) is 0 Å². The molecule has 2 heterocycles. The van der Waals surface area contributed by atoms with Crippen LogP contribution in [0.15, 0.2) is 168 Å². The van der Waals surface area contributed by atoms with E-state index in [1.54, 1.807) is 0 Å². The maximum atomic E-state index is 6.47. The summed E-state index contributed by atoms with van der Waals surface area (Å²) in [5.41, 5.74) is 6.70. The molecule has 4 heteroatoms. The van der Waals surface area contributed by atoms with Crippen molar-refractivity contribution in [3.8, 4) is 45.3 Å². The average molecular weight is 626 g/mol. The summed E-state index contributed by atoms with van der Waals surface area (Å²) in [7, 11) is 0. The highest BCUT2D eigenvalue weighted by atomic mass is 16.3. The fourth-order valence-corrected chi connectivity index (χ4v) is 7.23. The monoisotopic (exact) mass is 625 g/mol. The van der Waals surface area contributed by atoms with Crippen molar-refractivity contribution in [1.29, 1.82) is 0 Å². The minimum Gasteiger partial charge on any atom is -0.456 e. The lowest BCUT2D eigenvalue weighted by atomic mass is 9.91. The SMILES string of the molecule is c1ccc(-c2nc(-c3ccccc3)nc(-c3cccc4oc5ccc(-c6cccc7ccc8c9ccccc9ccc8c67)cc5c34)n2)cc1. The Morgan fingerprint density at radius 1 is 0.327 bits per heavy atom. The van der Waals surface area contributed by atoms with Crippen molar-refractivity contribution in [2.45, 2.75) is 0 Å². The van der Waals surface area contributed by atoms with Crippen LogP contribution in [0.5, 0.6) is 0 Å². The van der Waals surface area contributed by atoms with E-state index in [0.29, 0.717) is 17.5 Å². The molecule has 0 saturated heterocycles. The van der Waals surface area contributed by atoms with Gasteiger partial charge in [-0.2, -0.15) is 0 Å². The topological polar surface area (TPSA) is 51.8 Å². The Hall–Kier alpha value is -6.65. The molecule has 0 unspecified atom stereocenters. The molecule has 10 rings (SSSR count). The first-order valence-corrected chi connectivity index (χ1v) is 16.4. The van der Waals surface area contributed by atoms with Crippen LogP contribution in [0.4, 0.5) is 0 Å². The van der Waals surface area contributed by atoms with Gasteiger partial charge in [0.25, 0.3) is 0 Å². The number of furan rings is 1. The molecule has 4 nitrogen and oxygen atoms in total. The lowest BCUT2D eigenvalue weighted by molar-refractivity contribution is 0.669. The summed E-state index contributed by atoms with van der Waals surface area (Å²) >= 11 is 0. The van der Waals surface area contributed by atoms with Crippen molar-refractivity contribution in [1.82, 2.24) is 15.0 Å². The van der Waals surface area contributed by atoms with E-state index in [1.807, 2.05) is 72.8 Å². The van der Waals surface area contributed by atoms with E-state index in [4.69, 9.17) is 19.4 Å². The van der Waals surface area contributed by atoms with Crippen LogP contribution in [0.3, 0.4) is 0 Å². The van der Waals surface area contributed by atoms with Crippen LogP contribution < -0.4 is 0 Å². The third kappa shape index (κ3) is 4.49. The van der Waals surface area contributed by atoms with Crippen molar-refractivity contribution in [3.05, 3.63) is 164 Å². The molecular weight excluding hydrogens is 599 g/mol. The van der Waals surface area contributed by atoms with Crippen LogP contribution >= 0.6 is 0 Å². The van der Waals surface area contributed by atoms with E-state index < -0.39 is 0 Å². The minimum atomic E-state index is 0.606. The summed E-state index contributed by atoms with van der Waals surface area (Å²) in [6.07, 6.45) is 0. The molecule has 0 N–H and O–H groups in total. The molecule has 0 aliphatic rings. The molecule has 0 fully saturated rings. The molecule has 8 aromatic carbocycles. The number of rotatable bonds is 4. The molecule has 0 radical (unpaired) electrons. The summed E-state index contributed by atoms with van der Waals surface area (Å²) < 4.78 is 6.47. The largest absolute Gasteiger partial charge is 0.456 e. The van der Waals surface area contributed by atoms with Crippen molar-refractivity contribution < 1.29 is 4.42 Å². The predicted molar refractivity (Wildman–Crippen MR) is 201 cm³/mol. The zero-order valence-electron chi connectivity index (χ0n) is 26.3. The third-order valence-electron chi connectivity index (χ3n) is 9.51. The summed E-state index contributed by atoms with van der Waals surface area (Å²) in [6, 6.07) is 57.0. The molecule has 2 aromatic heterocycles. The number of fused-ring (bicyclic) bond motifs is 8. The van der Waals surface area contributed by atoms with Crippen LogP contribution in [0, 0.1) is 0 Å². The van der Waals surface area contributed by atoms with Gasteiger partial charge in [0, 0.05) is 27.5 Å². The van der Waals surface area contributed by atoms with Crippen molar-refractivity contribution in [2.75, 3.05) is 0 Å². The Morgan fingerprint density at radius 3 is 1.76 bits per heavy atom. The first-order chi connectivity index (χ1) is 24.3. The minimum absolute atomic E-state index is 0.606. The maximum absolute atomic E-state index is 6.47. The quantitative estimate of drug-likeness (QED) is 0.183. The molecule has 0 spiro atoms. The van der Waals surface area contributed by atoms with Crippen LogP contribution in [0.2, 0.25) is 0 Å². The van der Waals surface area contributed by atoms with Gasteiger partial charge in [-0.25, -0.2) is 15.0 Å². The average Bonchev–Trinajstić information content (AvgIpc) is 3.56. The zero-order valence-corrected chi connectivity index (χ0v) is 26.3. The van der Waals surface area contributed by atoms with Gasteiger partial charge in [0.1, 0.15) is 11.2 Å². The molecule has 0 bridgehead atoms. The molecular formula is C45H27N3O. The second kappa shape index (κ2) is 11.0. The van der Waals surface area contributed by atoms with E-state index in [1.165, 1.54) is 37.9 Å². The van der Waals surface area contributed by atoms with E-state index in [0.717, 1.165) is 44.2 Å². The molecule has 0 amide bonds. The summed E-state index contributed by atoms with van der Waals surface area (Å²) in [4.78, 5) is 15.0. The van der Waals surface area contributed by atoms with E-state index in [9.17, 15) is 0 Å². The normalized spacial score (nSPS) is 11.7. The first kappa shape index (κ1) is 27.5. The molecule has 49 heavy (non-hydrogen) atoms. The summed E-state index contributed by atoms with van der Waals surface area (Å²) in [5, 5.41) is 9.48. The molecule has 0 atom stereocenters. The number of nitrogens with zero attached hydrogens (tertiary/aromatic N) is 3. The fourth-order valence-electron chi connectivity index (χ4n) is 7.23. The standard InChI is InChI=1S/C45H27N3O/c1-3-12-30(13-4-1)43-46-44(31-14-5-2-6-15-31)48-45(47-43)37-19-10-20-40-42(37)38-27-32(23-26-39(38)49-40)34-18-9-16-29-22-24-35-33-17-8-7-11-28(33)21-25-36(35)41(29)34/h1-27H. The molecule has 228 valence electrons. The van der Waals surface area contributed by atoms with Crippen molar-refractivity contribution in [2.24, 2.45) is 0 Å². The third-order valence-corrected chi connectivity index (χ3v) is 9.51. The Bertz CT molecular complexity index is 2820. The van der Waals surface area contributed by atoms with Crippen LogP contribution in [-0.4, -0.2) is 15.0 Å². The summed E-state index contributed by atoms with van der Waals surface area (Å²) in [5.74, 6) is 1.87. The summed E-state index contributed by atoms with van der Waals surface area (Å²) in [6.45, 7) is 0. The van der Waals surface area contributed by atoms with Gasteiger partial charge >= 0.3 is 0 Å². The highest BCUT2D eigenvalue weighted by Gasteiger charge is 2.19. The lowest BCUT2D eigenvalue weighted by Gasteiger charge is -2.12. The molecule has 0 saturated carbocycles. The highest BCUT2D eigenvalue weighted by molar-refractivity contribution is 6.21. The first-order valence-electron chi connectivity index (χ1n) is 16.4. The van der Waals surface area contributed by atoms with Gasteiger partial charge < -0.3 is 4.42 Å². The second-order valence-corrected chi connectivity index (χ2v) is 12.4. The molecule has 0 aliphatic carbocycles. The Balaban J connectivity index is 1.21. The van der Waals surface area contributed by atoms with Gasteiger partial charge in [-0.05, 0) is 61.6 Å². The van der Waals surface area contributed by atoms with Gasteiger partial charge in [-0.15, -0.1) is 0 Å². The van der Waals surface area contributed by atoms with Crippen LogP contribution in [-0.2, 0) is 0 Å². The Kier molecular flexibility index (Phi) is 6.15. The number of benzene rings is 8. The smallest absolute Gasteiger partial charge is 0.164 e. The number of hydrogen-bond acceptors (Lipinski definition) is 4. The van der Waals surface area contributed by atoms with E-state index in [-0.39, 0.29) is 0 Å². The molecule has 0 aliphatic heterocycles. The van der Waals surface area contributed by atoms with Gasteiger partial charge in [-0.3, -0.25) is 0 Å². The Morgan fingerprint density at radius 2 is 0.959 bits per heavy atom. The van der Waals surface area contributed by atoms with E-state index in [2.05, 4.69) is 91.0 Å². The second-order valence-electron chi connectivity index (χ2n) is 12.4. The van der Waals surface area contributed by atoms with Crippen molar-refractivity contribution in [3.63, 3.8) is 0 Å². The van der Waals surface area contributed by atoms with Crippen molar-refractivity contribution >= 4 is 54.3 Å². The number of aromatic nitrogens is 3. The van der Waals surface area contributed by atoms with E-state index >= 15 is 0 Å². The predicted octanol–water partition coefficient (Wildman–Crippen LogP) is 11.9. The van der Waals surface area contributed by atoms with Gasteiger partial charge in [0.15, 0.2) is 17.5 Å². The zero-order chi connectivity index (χ0) is 32.3. The maximum Gasteiger partial charge on any atom is 0.164 e. The number of hydrogen-bond donors (Lipinski definition) is 0. The lowest BCUT2D eigenvalue weighted by Crippen LogP contribution is -2.00. The molecule has 10 aromatic rings. The highest BCUT2D eigenvalue weighted by Crippen LogP contribution is 2.41. The fraction of sp³-hybridized carbons (Fsp3) is 0.